The van der Waals surface area contributed by atoms with Gasteiger partial charge in [-0.25, -0.2) is 4.98 Å². The molecular formula is C16H19ClN2O2. The van der Waals surface area contributed by atoms with E-state index in [9.17, 15) is 0 Å². The number of hydrogen-bond acceptors (Lipinski definition) is 4. The van der Waals surface area contributed by atoms with Crippen molar-refractivity contribution in [1.82, 2.24) is 4.98 Å². The molecule has 0 aliphatic rings. The number of nitrogens with zero attached hydrogens (tertiary/aromatic N) is 1. The van der Waals surface area contributed by atoms with E-state index in [1.807, 2.05) is 30.3 Å². The van der Waals surface area contributed by atoms with Crippen LogP contribution < -0.4 is 14.8 Å². The highest BCUT2D eigenvalue weighted by Gasteiger charge is 2.03. The van der Waals surface area contributed by atoms with Gasteiger partial charge in [0.15, 0.2) is 0 Å². The van der Waals surface area contributed by atoms with Crippen LogP contribution >= 0.6 is 11.6 Å². The van der Waals surface area contributed by atoms with Crippen molar-refractivity contribution in [3.05, 3.63) is 47.1 Å². The molecule has 0 radical (unpaired) electrons. The van der Waals surface area contributed by atoms with Gasteiger partial charge in [0.25, 0.3) is 0 Å². The van der Waals surface area contributed by atoms with Crippen LogP contribution in [0, 0.1) is 0 Å². The molecule has 0 bridgehead atoms. The normalized spacial score (nSPS) is 10.2. The van der Waals surface area contributed by atoms with E-state index in [0.717, 1.165) is 23.4 Å². The van der Waals surface area contributed by atoms with E-state index in [2.05, 4.69) is 17.2 Å². The largest absolute Gasteiger partial charge is 0.492 e. The zero-order valence-electron chi connectivity index (χ0n) is 12.2. The molecule has 0 fully saturated rings. The monoisotopic (exact) mass is 306 g/mol. The summed E-state index contributed by atoms with van der Waals surface area (Å²) in [5, 5.41) is 3.91. The zero-order chi connectivity index (χ0) is 15.1. The Hall–Kier alpha value is -1.94. The smallest absolute Gasteiger partial charge is 0.212 e. The maximum atomic E-state index is 6.19. The Labute approximate surface area is 130 Å². The number of pyridine rings is 1. The molecule has 0 aliphatic heterocycles. The van der Waals surface area contributed by atoms with E-state index < -0.39 is 0 Å². The molecule has 5 heteroatoms. The molecule has 1 N–H and O–H groups in total. The Bertz CT molecular complexity index is 573. The lowest BCUT2D eigenvalue weighted by molar-refractivity contribution is 0.317. The van der Waals surface area contributed by atoms with Crippen LogP contribution in [0.25, 0.3) is 0 Å². The molecule has 2 rings (SSSR count). The lowest BCUT2D eigenvalue weighted by Crippen LogP contribution is -2.01. The Morgan fingerprint density at radius 2 is 2.10 bits per heavy atom. The van der Waals surface area contributed by atoms with Crippen LogP contribution in [0.4, 0.5) is 5.69 Å². The summed E-state index contributed by atoms with van der Waals surface area (Å²) in [6, 6.07) is 9.51. The number of nitrogens with one attached hydrogen (secondary N) is 1. The second-order valence-electron chi connectivity index (χ2n) is 4.56. The quantitative estimate of drug-likeness (QED) is 0.834. The van der Waals surface area contributed by atoms with Gasteiger partial charge >= 0.3 is 0 Å². The van der Waals surface area contributed by atoms with Gasteiger partial charge < -0.3 is 14.8 Å². The summed E-state index contributed by atoms with van der Waals surface area (Å²) in [6.07, 6.45) is 2.74. The minimum Gasteiger partial charge on any atom is -0.492 e. The Balaban J connectivity index is 1.94. The maximum Gasteiger partial charge on any atom is 0.212 e. The second kappa shape index (κ2) is 7.74. The number of anilines is 1. The van der Waals surface area contributed by atoms with Crippen LogP contribution in [-0.4, -0.2) is 18.7 Å². The standard InChI is InChI=1S/C16H19ClN2O2/c1-3-8-21-15-6-5-13(9-14(15)17)18-10-12-4-7-16(20-2)19-11-12/h4-7,9,11,18H,3,8,10H2,1-2H3. The summed E-state index contributed by atoms with van der Waals surface area (Å²) in [5.74, 6) is 1.33. The molecule has 4 nitrogen and oxygen atoms in total. The van der Waals surface area contributed by atoms with Gasteiger partial charge in [-0.2, -0.15) is 0 Å². The second-order valence-corrected chi connectivity index (χ2v) is 4.96. The van der Waals surface area contributed by atoms with Crippen LogP contribution in [0.1, 0.15) is 18.9 Å². The first-order valence-electron chi connectivity index (χ1n) is 6.88. The van der Waals surface area contributed by atoms with E-state index in [-0.39, 0.29) is 0 Å². The third-order valence-corrected chi connectivity index (χ3v) is 3.19. The highest BCUT2D eigenvalue weighted by atomic mass is 35.5. The van der Waals surface area contributed by atoms with E-state index in [1.54, 1.807) is 13.3 Å². The fourth-order valence-corrected chi connectivity index (χ4v) is 2.02. The molecule has 1 heterocycles. The van der Waals surface area contributed by atoms with E-state index in [1.165, 1.54) is 0 Å². The van der Waals surface area contributed by atoms with Crippen molar-refractivity contribution < 1.29 is 9.47 Å². The number of methoxy groups -OCH3 is 1. The van der Waals surface area contributed by atoms with Gasteiger partial charge in [-0.05, 0) is 30.2 Å². The fraction of sp³-hybridized carbons (Fsp3) is 0.312. The van der Waals surface area contributed by atoms with Gasteiger partial charge in [0.05, 0.1) is 18.7 Å². The molecule has 1 aromatic carbocycles. The molecule has 21 heavy (non-hydrogen) atoms. The first-order valence-corrected chi connectivity index (χ1v) is 7.26. The molecule has 0 amide bonds. The van der Waals surface area contributed by atoms with Crippen LogP contribution in [-0.2, 0) is 6.54 Å². The minimum absolute atomic E-state index is 0.610. The Morgan fingerprint density at radius 3 is 2.71 bits per heavy atom. The average Bonchev–Trinajstić information content (AvgIpc) is 2.52. The summed E-state index contributed by atoms with van der Waals surface area (Å²) in [5.41, 5.74) is 2.01. The Morgan fingerprint density at radius 1 is 1.24 bits per heavy atom. The van der Waals surface area contributed by atoms with Crippen molar-refractivity contribution in [3.63, 3.8) is 0 Å². The van der Waals surface area contributed by atoms with E-state index in [4.69, 9.17) is 21.1 Å². The summed E-state index contributed by atoms with van der Waals surface area (Å²) in [4.78, 5) is 4.17. The average molecular weight is 307 g/mol. The first kappa shape index (κ1) is 15.4. The zero-order valence-corrected chi connectivity index (χ0v) is 13.0. The van der Waals surface area contributed by atoms with Gasteiger partial charge in [-0.3, -0.25) is 0 Å². The maximum absolute atomic E-state index is 6.19. The van der Waals surface area contributed by atoms with E-state index in [0.29, 0.717) is 24.1 Å². The van der Waals surface area contributed by atoms with Crippen LogP contribution in [0.3, 0.4) is 0 Å². The van der Waals surface area contributed by atoms with Gasteiger partial charge in [0.1, 0.15) is 5.75 Å². The third kappa shape index (κ3) is 4.53. The number of hydrogen-bond donors (Lipinski definition) is 1. The molecule has 2 aromatic rings. The molecule has 0 atom stereocenters. The first-order chi connectivity index (χ1) is 10.2. The molecule has 0 unspecified atom stereocenters. The minimum atomic E-state index is 0.610. The molecular weight excluding hydrogens is 288 g/mol. The lowest BCUT2D eigenvalue weighted by Gasteiger charge is -2.10. The van der Waals surface area contributed by atoms with Crippen molar-refractivity contribution in [2.45, 2.75) is 19.9 Å². The van der Waals surface area contributed by atoms with Crippen molar-refractivity contribution >= 4 is 17.3 Å². The van der Waals surface area contributed by atoms with Gasteiger partial charge in [-0.1, -0.05) is 24.6 Å². The summed E-state index contributed by atoms with van der Waals surface area (Å²) < 4.78 is 10.6. The molecule has 0 saturated heterocycles. The van der Waals surface area contributed by atoms with Gasteiger partial charge in [0.2, 0.25) is 5.88 Å². The Kier molecular flexibility index (Phi) is 5.69. The van der Waals surface area contributed by atoms with Gasteiger partial charge in [0, 0.05) is 24.5 Å². The topological polar surface area (TPSA) is 43.4 Å². The lowest BCUT2D eigenvalue weighted by atomic mass is 10.2. The molecule has 0 aliphatic carbocycles. The van der Waals surface area contributed by atoms with Crippen molar-refractivity contribution in [1.29, 1.82) is 0 Å². The van der Waals surface area contributed by atoms with E-state index >= 15 is 0 Å². The number of aromatic nitrogens is 1. The number of rotatable bonds is 7. The van der Waals surface area contributed by atoms with Crippen LogP contribution in [0.5, 0.6) is 11.6 Å². The molecule has 0 saturated carbocycles. The van der Waals surface area contributed by atoms with Crippen LogP contribution in [0.15, 0.2) is 36.5 Å². The predicted molar refractivity (Wildman–Crippen MR) is 85.4 cm³/mol. The van der Waals surface area contributed by atoms with Crippen molar-refractivity contribution in [2.24, 2.45) is 0 Å². The summed E-state index contributed by atoms with van der Waals surface area (Å²) in [6.45, 7) is 3.40. The molecule has 112 valence electrons. The predicted octanol–water partition coefficient (Wildman–Crippen LogP) is 4.14. The number of ether oxygens (including phenoxy) is 2. The fourth-order valence-electron chi connectivity index (χ4n) is 1.78. The third-order valence-electron chi connectivity index (χ3n) is 2.90. The van der Waals surface area contributed by atoms with Crippen LogP contribution in [0.2, 0.25) is 5.02 Å². The van der Waals surface area contributed by atoms with Crippen molar-refractivity contribution in [3.8, 4) is 11.6 Å². The number of halogens is 1. The summed E-state index contributed by atoms with van der Waals surface area (Å²) in [7, 11) is 1.60. The SMILES string of the molecule is CCCOc1ccc(NCc2ccc(OC)nc2)cc1Cl. The summed E-state index contributed by atoms with van der Waals surface area (Å²) >= 11 is 6.19. The number of benzene rings is 1. The molecule has 1 aromatic heterocycles. The highest BCUT2D eigenvalue weighted by molar-refractivity contribution is 6.32. The van der Waals surface area contributed by atoms with Crippen molar-refractivity contribution in [2.75, 3.05) is 19.0 Å². The highest BCUT2D eigenvalue weighted by Crippen LogP contribution is 2.28. The van der Waals surface area contributed by atoms with Gasteiger partial charge in [-0.15, -0.1) is 0 Å². The molecule has 0 spiro atoms.